The number of hydrogen-bond acceptors (Lipinski definition) is 10. The first kappa shape index (κ1) is 25.2. The third-order valence-corrected chi connectivity index (χ3v) is 4.47. The molecule has 11 heteroatoms. The molecule has 35 heavy (non-hydrogen) atoms. The second-order valence-corrected chi connectivity index (χ2v) is 7.32. The number of esters is 3. The average Bonchev–Trinajstić information content (AvgIpc) is 3.21. The van der Waals surface area contributed by atoms with Gasteiger partial charge < -0.3 is 23.7 Å². The van der Waals surface area contributed by atoms with Crippen LogP contribution in [0.3, 0.4) is 0 Å². The number of benzene rings is 2. The van der Waals surface area contributed by atoms with Crippen molar-refractivity contribution >= 4 is 29.7 Å². The zero-order chi connectivity index (χ0) is 25.7. The van der Waals surface area contributed by atoms with E-state index in [2.05, 4.69) is 5.10 Å². The summed E-state index contributed by atoms with van der Waals surface area (Å²) in [6, 6.07) is 8.97. The van der Waals surface area contributed by atoms with Crippen molar-refractivity contribution in [2.24, 2.45) is 5.10 Å². The van der Waals surface area contributed by atoms with Gasteiger partial charge in [-0.1, -0.05) is 0 Å². The highest BCUT2D eigenvalue weighted by molar-refractivity contribution is 6.00. The molecule has 2 aromatic rings. The van der Waals surface area contributed by atoms with Gasteiger partial charge in [-0.2, -0.15) is 5.01 Å². The van der Waals surface area contributed by atoms with Crippen LogP contribution in [0.5, 0.6) is 23.0 Å². The van der Waals surface area contributed by atoms with Crippen LogP contribution in [0.1, 0.15) is 52.0 Å². The molecule has 0 aromatic heterocycles. The molecule has 1 aliphatic rings. The lowest BCUT2D eigenvalue weighted by atomic mass is 10.1. The molecule has 0 saturated carbocycles. The Morgan fingerprint density at radius 3 is 2.09 bits per heavy atom. The summed E-state index contributed by atoms with van der Waals surface area (Å²) in [5.41, 5.74) is 0.665. The first-order chi connectivity index (χ1) is 16.6. The maximum absolute atomic E-state index is 12.4. The molecule has 1 aliphatic heterocycles. The standard InChI is InChI=1S/C24H24N2O9/c1-6-31-22-11-17(7-9-21(22)34-16(5)30)24-26(13(2)27)25-23(35-24)19-12-18(32-14(3)28)8-10-20(19)33-15(4)29/h7-12,24H,6H2,1-5H3. The van der Waals surface area contributed by atoms with Crippen molar-refractivity contribution in [3.05, 3.63) is 47.5 Å². The average molecular weight is 484 g/mol. The number of amides is 1. The highest BCUT2D eigenvalue weighted by Crippen LogP contribution is 2.38. The SMILES string of the molecule is CCOc1cc(C2OC(c3cc(OC(C)=O)ccc3OC(C)=O)=NN2C(C)=O)ccc1OC(C)=O. The molecule has 0 bridgehead atoms. The highest BCUT2D eigenvalue weighted by atomic mass is 16.6. The molecule has 0 N–H and O–H groups in total. The number of rotatable bonds is 7. The van der Waals surface area contributed by atoms with E-state index in [0.717, 1.165) is 5.01 Å². The lowest BCUT2D eigenvalue weighted by molar-refractivity contribution is -0.135. The van der Waals surface area contributed by atoms with Gasteiger partial charge in [-0.3, -0.25) is 19.2 Å². The number of nitrogens with zero attached hydrogens (tertiary/aromatic N) is 2. The summed E-state index contributed by atoms with van der Waals surface area (Å²) in [4.78, 5) is 46.8. The Bertz CT molecular complexity index is 1210. The van der Waals surface area contributed by atoms with Gasteiger partial charge in [0, 0.05) is 33.3 Å². The minimum absolute atomic E-state index is 0.0440. The van der Waals surface area contributed by atoms with Gasteiger partial charge in [-0.25, -0.2) is 0 Å². The maximum atomic E-state index is 12.4. The number of carbonyl (C=O) groups is 4. The van der Waals surface area contributed by atoms with Crippen molar-refractivity contribution in [1.29, 1.82) is 0 Å². The van der Waals surface area contributed by atoms with Gasteiger partial charge in [0.25, 0.3) is 0 Å². The third-order valence-electron chi connectivity index (χ3n) is 4.47. The second-order valence-electron chi connectivity index (χ2n) is 7.32. The van der Waals surface area contributed by atoms with Crippen LogP contribution in [0.15, 0.2) is 41.5 Å². The van der Waals surface area contributed by atoms with Crippen LogP contribution < -0.4 is 18.9 Å². The summed E-state index contributed by atoms with van der Waals surface area (Å²) in [7, 11) is 0. The highest BCUT2D eigenvalue weighted by Gasteiger charge is 2.35. The van der Waals surface area contributed by atoms with Crippen LogP contribution >= 0.6 is 0 Å². The van der Waals surface area contributed by atoms with E-state index >= 15 is 0 Å². The van der Waals surface area contributed by atoms with E-state index in [-0.39, 0.29) is 34.5 Å². The Kier molecular flexibility index (Phi) is 7.69. The van der Waals surface area contributed by atoms with Crippen LogP contribution in [0.2, 0.25) is 0 Å². The number of hydrogen-bond donors (Lipinski definition) is 0. The summed E-state index contributed by atoms with van der Waals surface area (Å²) < 4.78 is 27.1. The number of ether oxygens (including phenoxy) is 5. The smallest absolute Gasteiger partial charge is 0.308 e. The largest absolute Gasteiger partial charge is 0.490 e. The minimum Gasteiger partial charge on any atom is -0.490 e. The zero-order valence-corrected chi connectivity index (χ0v) is 19.8. The molecule has 1 atom stereocenters. The number of carbonyl (C=O) groups excluding carboxylic acids is 4. The minimum atomic E-state index is -1.00. The predicted octanol–water partition coefficient (Wildman–Crippen LogP) is 3.10. The monoisotopic (exact) mass is 484 g/mol. The van der Waals surface area contributed by atoms with Crippen molar-refractivity contribution in [3.63, 3.8) is 0 Å². The van der Waals surface area contributed by atoms with Gasteiger partial charge in [0.2, 0.25) is 18.0 Å². The van der Waals surface area contributed by atoms with E-state index in [4.69, 9.17) is 23.7 Å². The van der Waals surface area contributed by atoms with Crippen molar-refractivity contribution in [3.8, 4) is 23.0 Å². The lowest BCUT2D eigenvalue weighted by Gasteiger charge is -2.21. The molecular formula is C24H24N2O9. The molecule has 0 saturated heterocycles. The molecule has 2 aromatic carbocycles. The van der Waals surface area contributed by atoms with E-state index in [9.17, 15) is 19.2 Å². The summed E-state index contributed by atoms with van der Waals surface area (Å²) in [5, 5.41) is 5.37. The van der Waals surface area contributed by atoms with E-state index in [1.807, 2.05) is 0 Å². The second kappa shape index (κ2) is 10.7. The van der Waals surface area contributed by atoms with Crippen LogP contribution in [-0.4, -0.2) is 41.3 Å². The summed E-state index contributed by atoms with van der Waals surface area (Å²) in [5.74, 6) is -1.39. The molecule has 1 amide bonds. The molecule has 1 heterocycles. The van der Waals surface area contributed by atoms with Gasteiger partial charge in [-0.15, -0.1) is 5.10 Å². The Hall–Kier alpha value is -4.41. The first-order valence-electron chi connectivity index (χ1n) is 10.6. The van der Waals surface area contributed by atoms with Crippen molar-refractivity contribution < 1.29 is 42.9 Å². The topological polar surface area (TPSA) is 130 Å². The Morgan fingerprint density at radius 2 is 1.49 bits per heavy atom. The van der Waals surface area contributed by atoms with Crippen LogP contribution in [-0.2, 0) is 23.9 Å². The molecule has 184 valence electrons. The maximum Gasteiger partial charge on any atom is 0.308 e. The van der Waals surface area contributed by atoms with Gasteiger partial charge in [-0.05, 0) is 43.3 Å². The van der Waals surface area contributed by atoms with Crippen molar-refractivity contribution in [1.82, 2.24) is 5.01 Å². The first-order valence-corrected chi connectivity index (χ1v) is 10.6. The molecule has 1 unspecified atom stereocenters. The van der Waals surface area contributed by atoms with Crippen LogP contribution in [0, 0.1) is 0 Å². The van der Waals surface area contributed by atoms with Gasteiger partial charge in [0.1, 0.15) is 11.5 Å². The van der Waals surface area contributed by atoms with E-state index in [0.29, 0.717) is 12.2 Å². The molecule has 0 fully saturated rings. The fraction of sp³-hybridized carbons (Fsp3) is 0.292. The molecule has 0 radical (unpaired) electrons. The lowest BCUT2D eigenvalue weighted by Crippen LogP contribution is -2.25. The molecule has 0 aliphatic carbocycles. The predicted molar refractivity (Wildman–Crippen MR) is 121 cm³/mol. The Labute approximate surface area is 201 Å². The molecule has 11 nitrogen and oxygen atoms in total. The summed E-state index contributed by atoms with van der Waals surface area (Å²) >= 11 is 0. The van der Waals surface area contributed by atoms with E-state index in [1.165, 1.54) is 52.0 Å². The normalized spacial score (nSPS) is 14.5. The van der Waals surface area contributed by atoms with Crippen molar-refractivity contribution in [2.75, 3.05) is 6.61 Å². The fourth-order valence-electron chi connectivity index (χ4n) is 3.23. The fourth-order valence-corrected chi connectivity index (χ4v) is 3.23. The van der Waals surface area contributed by atoms with E-state index < -0.39 is 30.0 Å². The molecule has 3 rings (SSSR count). The third kappa shape index (κ3) is 6.14. The van der Waals surface area contributed by atoms with E-state index in [1.54, 1.807) is 19.1 Å². The summed E-state index contributed by atoms with van der Waals surface area (Å²) in [6.45, 7) is 7.12. The van der Waals surface area contributed by atoms with Gasteiger partial charge in [0.15, 0.2) is 11.5 Å². The quantitative estimate of drug-likeness (QED) is 0.430. The molecule has 0 spiro atoms. The molecular weight excluding hydrogens is 460 g/mol. The summed E-state index contributed by atoms with van der Waals surface area (Å²) in [6.07, 6.45) is -1.00. The Morgan fingerprint density at radius 1 is 0.857 bits per heavy atom. The number of hydrazone groups is 1. The van der Waals surface area contributed by atoms with Crippen LogP contribution in [0.25, 0.3) is 0 Å². The van der Waals surface area contributed by atoms with Gasteiger partial charge >= 0.3 is 17.9 Å². The Balaban J connectivity index is 2.03. The van der Waals surface area contributed by atoms with Crippen molar-refractivity contribution in [2.45, 2.75) is 40.8 Å². The van der Waals surface area contributed by atoms with Gasteiger partial charge in [0.05, 0.1) is 12.2 Å². The van der Waals surface area contributed by atoms with Crippen LogP contribution in [0.4, 0.5) is 0 Å². The zero-order valence-electron chi connectivity index (χ0n) is 19.8.